The molecule has 9 nitrogen and oxygen atoms in total. The molecule has 1 heterocycles. The Morgan fingerprint density at radius 3 is 2.44 bits per heavy atom. The second kappa shape index (κ2) is 12.6. The van der Waals surface area contributed by atoms with Crippen LogP contribution in [0.5, 0.6) is 11.5 Å². The predicted octanol–water partition coefficient (Wildman–Crippen LogP) is 5.79. The average Bonchev–Trinajstić information content (AvgIpc) is 2.88. The van der Waals surface area contributed by atoms with Crippen LogP contribution in [0.25, 0.3) is 6.08 Å². The number of amides is 5. The van der Waals surface area contributed by atoms with Crippen LogP contribution in [0.1, 0.15) is 12.5 Å². The number of urea groups is 1. The van der Waals surface area contributed by atoms with E-state index in [1.54, 1.807) is 67.6 Å². The van der Waals surface area contributed by atoms with E-state index in [9.17, 15) is 19.2 Å². The number of imide groups is 2. The minimum Gasteiger partial charge on any atom is -0.490 e. The second-order valence-electron chi connectivity index (χ2n) is 8.04. The quantitative estimate of drug-likeness (QED) is 0.173. The fourth-order valence-electron chi connectivity index (χ4n) is 3.59. The molecule has 1 aliphatic heterocycles. The van der Waals surface area contributed by atoms with Gasteiger partial charge >= 0.3 is 6.03 Å². The van der Waals surface area contributed by atoms with E-state index in [4.69, 9.17) is 21.1 Å². The lowest BCUT2D eigenvalue weighted by Gasteiger charge is -2.26. The van der Waals surface area contributed by atoms with Gasteiger partial charge in [-0.05, 0) is 102 Å². The fraction of sp³-hybridized carbons (Fsp3) is 0.111. The number of benzene rings is 3. The number of nitrogens with one attached hydrogen (secondary N) is 2. The van der Waals surface area contributed by atoms with Gasteiger partial charge < -0.3 is 14.8 Å². The normalized spacial score (nSPS) is 14.3. The third-order valence-electron chi connectivity index (χ3n) is 5.30. The zero-order valence-electron chi connectivity index (χ0n) is 20.3. The molecule has 2 N–H and O–H groups in total. The van der Waals surface area contributed by atoms with Gasteiger partial charge in [-0.2, -0.15) is 0 Å². The number of carbonyl (C=O) groups excluding carboxylic acids is 4. The molecule has 200 valence electrons. The molecule has 0 aromatic heterocycles. The molecule has 3 aromatic carbocycles. The van der Waals surface area contributed by atoms with Gasteiger partial charge in [-0.25, -0.2) is 9.69 Å². The van der Waals surface area contributed by atoms with E-state index >= 15 is 0 Å². The van der Waals surface area contributed by atoms with E-state index in [0.29, 0.717) is 43.6 Å². The molecular weight excluding hydrogens is 705 g/mol. The summed E-state index contributed by atoms with van der Waals surface area (Å²) < 4.78 is 12.8. The Morgan fingerprint density at radius 2 is 1.77 bits per heavy atom. The number of barbiturate groups is 1. The van der Waals surface area contributed by atoms with Crippen LogP contribution in [-0.4, -0.2) is 37.0 Å². The number of hydrogen-bond acceptors (Lipinski definition) is 6. The Labute approximate surface area is 250 Å². The van der Waals surface area contributed by atoms with Gasteiger partial charge in [0, 0.05) is 15.2 Å². The number of anilines is 2. The highest BCUT2D eigenvalue weighted by Crippen LogP contribution is 2.35. The third-order valence-corrected chi connectivity index (χ3v) is 6.89. The van der Waals surface area contributed by atoms with Crippen LogP contribution in [0.15, 0.2) is 70.7 Å². The average molecular weight is 725 g/mol. The lowest BCUT2D eigenvalue weighted by molar-refractivity contribution is -0.122. The van der Waals surface area contributed by atoms with E-state index < -0.39 is 17.8 Å². The third kappa shape index (κ3) is 6.97. The lowest BCUT2D eigenvalue weighted by atomic mass is 10.1. The summed E-state index contributed by atoms with van der Waals surface area (Å²) in [7, 11) is 0. The molecule has 0 spiro atoms. The number of hydrogen-bond donors (Lipinski definition) is 2. The first kappa shape index (κ1) is 28.6. The summed E-state index contributed by atoms with van der Waals surface area (Å²) in [4.78, 5) is 51.5. The van der Waals surface area contributed by atoms with Crippen LogP contribution >= 0.6 is 50.1 Å². The van der Waals surface area contributed by atoms with Crippen LogP contribution < -0.4 is 25.0 Å². The van der Waals surface area contributed by atoms with Crippen molar-refractivity contribution in [3.8, 4) is 11.5 Å². The van der Waals surface area contributed by atoms with Crippen molar-refractivity contribution in [2.45, 2.75) is 6.92 Å². The molecule has 3 aromatic rings. The second-order valence-corrected chi connectivity index (χ2v) is 10.6. The maximum atomic E-state index is 13.2. The Bertz CT molecular complexity index is 1480. The molecule has 0 atom stereocenters. The van der Waals surface area contributed by atoms with Crippen LogP contribution in [-0.2, 0) is 14.4 Å². The minimum absolute atomic E-state index is 0.230. The van der Waals surface area contributed by atoms with Crippen LogP contribution in [0.4, 0.5) is 16.2 Å². The van der Waals surface area contributed by atoms with Crippen molar-refractivity contribution in [1.82, 2.24) is 5.32 Å². The molecule has 0 bridgehead atoms. The summed E-state index contributed by atoms with van der Waals surface area (Å²) in [6.45, 7) is 1.80. The summed E-state index contributed by atoms with van der Waals surface area (Å²) in [6, 6.07) is 15.6. The van der Waals surface area contributed by atoms with Gasteiger partial charge in [-0.1, -0.05) is 27.5 Å². The summed E-state index contributed by atoms with van der Waals surface area (Å²) in [5.74, 6) is -1.32. The highest BCUT2D eigenvalue weighted by molar-refractivity contribution is 14.1. The summed E-state index contributed by atoms with van der Waals surface area (Å²) in [6.07, 6.45) is 1.37. The first-order valence-corrected chi connectivity index (χ1v) is 13.7. The molecule has 4 rings (SSSR count). The molecular formula is C27H20BrClIN3O6. The SMILES string of the molecule is CCOc1cc(/C=C2\C(=O)NC(=O)N(c3ccc(Br)cc3)C2=O)cc(I)c1OCC(=O)Nc1ccc(Cl)cc1. The zero-order chi connectivity index (χ0) is 28.1. The van der Waals surface area contributed by atoms with Crippen molar-refractivity contribution in [3.63, 3.8) is 0 Å². The number of carbonyl (C=O) groups is 4. The molecule has 39 heavy (non-hydrogen) atoms. The number of ether oxygens (including phenoxy) is 2. The summed E-state index contributed by atoms with van der Waals surface area (Å²) in [5, 5.41) is 5.47. The van der Waals surface area contributed by atoms with E-state index in [-0.39, 0.29) is 18.1 Å². The van der Waals surface area contributed by atoms with Gasteiger partial charge in [0.25, 0.3) is 17.7 Å². The van der Waals surface area contributed by atoms with Crippen molar-refractivity contribution in [2.24, 2.45) is 0 Å². The first-order valence-electron chi connectivity index (χ1n) is 11.5. The zero-order valence-corrected chi connectivity index (χ0v) is 24.8. The van der Waals surface area contributed by atoms with Gasteiger partial charge in [-0.15, -0.1) is 0 Å². The fourth-order valence-corrected chi connectivity index (χ4v) is 4.76. The highest BCUT2D eigenvalue weighted by atomic mass is 127. The maximum Gasteiger partial charge on any atom is 0.335 e. The number of nitrogens with zero attached hydrogens (tertiary/aromatic N) is 1. The monoisotopic (exact) mass is 723 g/mol. The van der Waals surface area contributed by atoms with E-state index in [0.717, 1.165) is 9.37 Å². The summed E-state index contributed by atoms with van der Waals surface area (Å²) in [5.41, 5.74) is 1.11. The summed E-state index contributed by atoms with van der Waals surface area (Å²) >= 11 is 11.2. The van der Waals surface area contributed by atoms with Gasteiger partial charge in [0.05, 0.1) is 15.9 Å². The number of halogens is 3. The largest absolute Gasteiger partial charge is 0.490 e. The minimum atomic E-state index is -0.838. The van der Waals surface area contributed by atoms with Gasteiger partial charge in [-0.3, -0.25) is 19.7 Å². The predicted molar refractivity (Wildman–Crippen MR) is 159 cm³/mol. The first-order chi connectivity index (χ1) is 18.7. The van der Waals surface area contributed by atoms with Crippen molar-refractivity contribution in [1.29, 1.82) is 0 Å². The lowest BCUT2D eigenvalue weighted by Crippen LogP contribution is -2.54. The Balaban J connectivity index is 1.57. The molecule has 5 amide bonds. The molecule has 0 radical (unpaired) electrons. The van der Waals surface area contributed by atoms with Crippen molar-refractivity contribution in [3.05, 3.63) is 84.9 Å². The molecule has 0 saturated carbocycles. The Kier molecular flexibility index (Phi) is 9.25. The Hall–Kier alpha value is -3.42. The molecule has 1 fully saturated rings. The molecule has 12 heteroatoms. The van der Waals surface area contributed by atoms with Crippen molar-refractivity contribution in [2.75, 3.05) is 23.4 Å². The van der Waals surface area contributed by atoms with Gasteiger partial charge in [0.2, 0.25) is 0 Å². The van der Waals surface area contributed by atoms with Crippen LogP contribution in [0.3, 0.4) is 0 Å². The van der Waals surface area contributed by atoms with Crippen molar-refractivity contribution < 1.29 is 28.7 Å². The highest BCUT2D eigenvalue weighted by Gasteiger charge is 2.36. The van der Waals surface area contributed by atoms with Crippen LogP contribution in [0.2, 0.25) is 5.02 Å². The molecule has 0 unspecified atom stereocenters. The van der Waals surface area contributed by atoms with Crippen molar-refractivity contribution >= 4 is 91.3 Å². The Morgan fingerprint density at radius 1 is 1.08 bits per heavy atom. The molecule has 1 aliphatic rings. The van der Waals surface area contributed by atoms with E-state index in [1.807, 2.05) is 22.6 Å². The van der Waals surface area contributed by atoms with Gasteiger partial charge in [0.1, 0.15) is 5.57 Å². The number of rotatable bonds is 8. The van der Waals surface area contributed by atoms with Crippen LogP contribution in [0, 0.1) is 3.57 Å². The smallest absolute Gasteiger partial charge is 0.335 e. The van der Waals surface area contributed by atoms with Gasteiger partial charge in [0.15, 0.2) is 18.1 Å². The topological polar surface area (TPSA) is 114 Å². The molecule has 0 aliphatic carbocycles. The van der Waals surface area contributed by atoms with E-state index in [2.05, 4.69) is 26.6 Å². The maximum absolute atomic E-state index is 13.2. The van der Waals surface area contributed by atoms with E-state index in [1.165, 1.54) is 6.08 Å². The molecule has 1 saturated heterocycles. The standard InChI is InChI=1S/C27H20BrClIN3O6/c1-2-38-22-13-15(12-21(30)24(22)39-14-23(34)31-18-7-5-17(29)6-8-18)11-20-25(35)32-27(37)33(26(20)36)19-9-3-16(28)4-10-19/h3-13H,2,14H2,1H3,(H,31,34)(H,32,35,37)/b20-11+.